The maximum absolute atomic E-state index is 10.5. The van der Waals surface area contributed by atoms with Crippen LogP contribution in [0.2, 0.25) is 0 Å². The van der Waals surface area contributed by atoms with Crippen LogP contribution in [0.1, 0.15) is 39.5 Å². The minimum absolute atomic E-state index is 0.462. The van der Waals surface area contributed by atoms with Crippen LogP contribution in [0.25, 0.3) is 0 Å². The van der Waals surface area contributed by atoms with Crippen LogP contribution in [0.15, 0.2) is 0 Å². The molecule has 0 aliphatic carbocycles. The smallest absolute Gasteiger partial charge is 0.336 e. The maximum atomic E-state index is 10.5. The van der Waals surface area contributed by atoms with Gasteiger partial charge in [-0.3, -0.25) is 0 Å². The second kappa shape index (κ2) is 8.01. The van der Waals surface area contributed by atoms with Crippen molar-refractivity contribution in [1.29, 1.82) is 0 Å². The third-order valence-corrected chi connectivity index (χ3v) is 1.59. The van der Waals surface area contributed by atoms with E-state index < -0.39 is 12.1 Å². The molecule has 0 aromatic heterocycles. The summed E-state index contributed by atoms with van der Waals surface area (Å²) in [7, 11) is 0. The first-order chi connectivity index (χ1) is 6.22. The SMILES string of the molecule is CCCCOOC(CCC)C(=O)O. The molecule has 13 heavy (non-hydrogen) atoms. The Morgan fingerprint density at radius 3 is 2.54 bits per heavy atom. The van der Waals surface area contributed by atoms with Gasteiger partial charge in [0.2, 0.25) is 0 Å². The second-order valence-corrected chi connectivity index (χ2v) is 2.89. The van der Waals surface area contributed by atoms with Crippen molar-refractivity contribution < 1.29 is 19.7 Å². The van der Waals surface area contributed by atoms with E-state index in [1.807, 2.05) is 13.8 Å². The fourth-order valence-electron chi connectivity index (χ4n) is 0.808. The molecule has 0 rings (SSSR count). The van der Waals surface area contributed by atoms with Crippen molar-refractivity contribution in [1.82, 2.24) is 0 Å². The highest BCUT2D eigenvalue weighted by Crippen LogP contribution is 2.03. The number of hydrogen-bond donors (Lipinski definition) is 1. The van der Waals surface area contributed by atoms with Crippen LogP contribution in [0.4, 0.5) is 0 Å². The van der Waals surface area contributed by atoms with Crippen LogP contribution in [0.5, 0.6) is 0 Å². The summed E-state index contributed by atoms with van der Waals surface area (Å²) in [4.78, 5) is 20.1. The van der Waals surface area contributed by atoms with Crippen LogP contribution >= 0.6 is 0 Å². The molecule has 0 radical (unpaired) electrons. The summed E-state index contributed by atoms with van der Waals surface area (Å²) in [5.74, 6) is -0.960. The molecular formula is C9H18O4. The lowest BCUT2D eigenvalue weighted by Gasteiger charge is -2.10. The van der Waals surface area contributed by atoms with Crippen LogP contribution < -0.4 is 0 Å². The molecule has 0 aromatic rings. The third kappa shape index (κ3) is 6.54. The first-order valence-electron chi connectivity index (χ1n) is 4.73. The lowest BCUT2D eigenvalue weighted by molar-refractivity contribution is -0.321. The van der Waals surface area contributed by atoms with E-state index in [4.69, 9.17) is 14.9 Å². The average Bonchev–Trinajstić information content (AvgIpc) is 2.10. The number of carbonyl (C=O) groups is 1. The molecule has 78 valence electrons. The average molecular weight is 190 g/mol. The lowest BCUT2D eigenvalue weighted by atomic mass is 10.2. The van der Waals surface area contributed by atoms with Gasteiger partial charge in [0.25, 0.3) is 0 Å². The zero-order chi connectivity index (χ0) is 10.1. The van der Waals surface area contributed by atoms with Gasteiger partial charge in [-0.05, 0) is 12.8 Å². The zero-order valence-electron chi connectivity index (χ0n) is 8.28. The van der Waals surface area contributed by atoms with Crippen LogP contribution in [-0.4, -0.2) is 23.8 Å². The lowest BCUT2D eigenvalue weighted by Crippen LogP contribution is -2.24. The van der Waals surface area contributed by atoms with Crippen LogP contribution in [-0.2, 0) is 14.6 Å². The van der Waals surface area contributed by atoms with E-state index in [2.05, 4.69) is 0 Å². The van der Waals surface area contributed by atoms with Gasteiger partial charge in [-0.15, -0.1) is 0 Å². The van der Waals surface area contributed by atoms with Gasteiger partial charge in [0.15, 0.2) is 6.10 Å². The summed E-state index contributed by atoms with van der Waals surface area (Å²) in [6.45, 7) is 4.40. The van der Waals surface area contributed by atoms with E-state index in [0.29, 0.717) is 13.0 Å². The van der Waals surface area contributed by atoms with Crippen LogP contribution in [0, 0.1) is 0 Å². The van der Waals surface area contributed by atoms with Crippen molar-refractivity contribution in [3.05, 3.63) is 0 Å². The normalized spacial score (nSPS) is 12.8. The van der Waals surface area contributed by atoms with E-state index in [-0.39, 0.29) is 0 Å². The second-order valence-electron chi connectivity index (χ2n) is 2.89. The summed E-state index contributed by atoms with van der Waals surface area (Å²) in [5, 5.41) is 8.66. The summed E-state index contributed by atoms with van der Waals surface area (Å²) in [5.41, 5.74) is 0. The minimum Gasteiger partial charge on any atom is -0.479 e. The molecule has 0 heterocycles. The Morgan fingerprint density at radius 2 is 2.08 bits per heavy atom. The summed E-state index contributed by atoms with van der Waals surface area (Å²) < 4.78 is 0. The van der Waals surface area contributed by atoms with Crippen molar-refractivity contribution in [2.24, 2.45) is 0 Å². The highest BCUT2D eigenvalue weighted by Gasteiger charge is 2.17. The molecule has 1 atom stereocenters. The molecule has 4 heteroatoms. The van der Waals surface area contributed by atoms with Gasteiger partial charge < -0.3 is 5.11 Å². The molecule has 1 unspecified atom stereocenters. The fourth-order valence-corrected chi connectivity index (χ4v) is 0.808. The number of carboxylic acids is 1. The van der Waals surface area contributed by atoms with Gasteiger partial charge in [0.1, 0.15) is 0 Å². The number of hydrogen-bond acceptors (Lipinski definition) is 3. The molecule has 0 aromatic carbocycles. The number of aliphatic carboxylic acids is 1. The van der Waals surface area contributed by atoms with E-state index in [1.54, 1.807) is 0 Å². The Kier molecular flexibility index (Phi) is 7.63. The predicted octanol–water partition coefficient (Wildman–Crippen LogP) is 1.99. The standard InChI is InChI=1S/C9H18O4/c1-3-5-7-12-13-8(6-4-2)9(10)11/h8H,3-7H2,1-2H3,(H,10,11). The van der Waals surface area contributed by atoms with E-state index >= 15 is 0 Å². The fraction of sp³-hybridized carbons (Fsp3) is 0.889. The minimum atomic E-state index is -0.960. The molecule has 0 aliphatic heterocycles. The number of carboxylic acid groups (broad SMARTS) is 1. The Hall–Kier alpha value is -0.610. The zero-order valence-corrected chi connectivity index (χ0v) is 8.28. The van der Waals surface area contributed by atoms with Gasteiger partial charge in [-0.1, -0.05) is 26.7 Å². The molecule has 0 bridgehead atoms. The predicted molar refractivity (Wildman–Crippen MR) is 48.3 cm³/mol. The van der Waals surface area contributed by atoms with Crippen molar-refractivity contribution in [3.63, 3.8) is 0 Å². The third-order valence-electron chi connectivity index (χ3n) is 1.59. The molecule has 0 saturated heterocycles. The molecule has 1 N–H and O–H groups in total. The van der Waals surface area contributed by atoms with Gasteiger partial charge >= 0.3 is 5.97 Å². The molecule has 0 fully saturated rings. The molecular weight excluding hydrogens is 172 g/mol. The highest BCUT2D eigenvalue weighted by molar-refractivity contribution is 5.72. The topological polar surface area (TPSA) is 55.8 Å². The molecule has 0 spiro atoms. The Morgan fingerprint density at radius 1 is 1.38 bits per heavy atom. The molecule has 4 nitrogen and oxygen atoms in total. The first-order valence-corrected chi connectivity index (χ1v) is 4.73. The Balaban J connectivity index is 3.51. The quantitative estimate of drug-likeness (QED) is 0.361. The van der Waals surface area contributed by atoms with E-state index in [0.717, 1.165) is 19.3 Å². The number of unbranched alkanes of at least 4 members (excludes halogenated alkanes) is 1. The highest BCUT2D eigenvalue weighted by atomic mass is 17.2. The number of rotatable bonds is 8. The largest absolute Gasteiger partial charge is 0.479 e. The van der Waals surface area contributed by atoms with Crippen molar-refractivity contribution in [2.75, 3.05) is 6.61 Å². The van der Waals surface area contributed by atoms with E-state index in [9.17, 15) is 4.79 Å². The summed E-state index contributed by atoms with van der Waals surface area (Å²) in [6, 6.07) is 0. The monoisotopic (exact) mass is 190 g/mol. The molecule has 0 aliphatic rings. The Labute approximate surface area is 78.8 Å². The van der Waals surface area contributed by atoms with Gasteiger partial charge in [-0.25, -0.2) is 14.6 Å². The summed E-state index contributed by atoms with van der Waals surface area (Å²) >= 11 is 0. The van der Waals surface area contributed by atoms with E-state index in [1.165, 1.54) is 0 Å². The van der Waals surface area contributed by atoms with Crippen molar-refractivity contribution in [2.45, 2.75) is 45.6 Å². The first kappa shape index (κ1) is 12.4. The van der Waals surface area contributed by atoms with Crippen molar-refractivity contribution in [3.8, 4) is 0 Å². The summed E-state index contributed by atoms with van der Waals surface area (Å²) in [6.07, 6.45) is 2.34. The Bertz CT molecular complexity index is 136. The van der Waals surface area contributed by atoms with Gasteiger partial charge in [0, 0.05) is 0 Å². The maximum Gasteiger partial charge on any atom is 0.336 e. The van der Waals surface area contributed by atoms with Crippen LogP contribution in [0.3, 0.4) is 0 Å². The molecule has 0 saturated carbocycles. The molecule has 0 amide bonds. The van der Waals surface area contributed by atoms with Crippen molar-refractivity contribution >= 4 is 5.97 Å². The van der Waals surface area contributed by atoms with Gasteiger partial charge in [0.05, 0.1) is 6.61 Å². The van der Waals surface area contributed by atoms with Gasteiger partial charge in [-0.2, -0.15) is 0 Å².